The molecule has 4 heterocycles. The Bertz CT molecular complexity index is 2280. The maximum absolute atomic E-state index is 13.4. The van der Waals surface area contributed by atoms with Gasteiger partial charge in [0.1, 0.15) is 28.9 Å². The molecule has 2 aromatic carbocycles. The van der Waals surface area contributed by atoms with Crippen LogP contribution in [0.2, 0.25) is 0 Å². The van der Waals surface area contributed by atoms with E-state index in [1.54, 1.807) is 48.5 Å². The van der Waals surface area contributed by atoms with Gasteiger partial charge in [-0.3, -0.25) is 19.2 Å². The minimum atomic E-state index is -1.18. The molecule has 2 aliphatic heterocycles. The topological polar surface area (TPSA) is 245 Å². The van der Waals surface area contributed by atoms with Crippen LogP contribution in [-0.2, 0) is 72.5 Å². The number of carboxylic acids is 1. The summed E-state index contributed by atoms with van der Waals surface area (Å²) in [5.74, 6) is 0.374. The Labute approximate surface area is 393 Å². The lowest BCUT2D eigenvalue weighted by Crippen LogP contribution is -2.51. The Hall–Kier alpha value is -5.85. The molecule has 5 N–H and O–H groups in total. The van der Waals surface area contributed by atoms with Gasteiger partial charge in [-0.05, 0) is 79.4 Å². The van der Waals surface area contributed by atoms with E-state index in [1.807, 2.05) is 76.7 Å². The zero-order valence-electron chi connectivity index (χ0n) is 40.2. The molecule has 0 spiro atoms. The molecule has 0 saturated carbocycles. The van der Waals surface area contributed by atoms with E-state index in [0.717, 1.165) is 29.2 Å². The highest BCUT2D eigenvalue weighted by Gasteiger charge is 2.37. The van der Waals surface area contributed by atoms with E-state index in [4.69, 9.17) is 19.9 Å². The summed E-state index contributed by atoms with van der Waals surface area (Å²) in [6.45, 7) is 17.0. The molecular formula is C49H69N9O9. The van der Waals surface area contributed by atoms with Crippen molar-refractivity contribution in [3.63, 3.8) is 0 Å². The van der Waals surface area contributed by atoms with Crippen molar-refractivity contribution < 1.29 is 43.3 Å². The van der Waals surface area contributed by atoms with Gasteiger partial charge in [0.05, 0.1) is 43.4 Å². The number of Topliss-reactive ketones (excluding diaryl/α,β-unsaturated/α-hetero) is 2. The highest BCUT2D eigenvalue weighted by molar-refractivity contribution is 5.91. The Morgan fingerprint density at radius 2 is 1.18 bits per heavy atom. The van der Waals surface area contributed by atoms with Gasteiger partial charge in [0.25, 0.3) is 0 Å². The van der Waals surface area contributed by atoms with Crippen LogP contribution >= 0.6 is 0 Å². The van der Waals surface area contributed by atoms with E-state index >= 15 is 0 Å². The van der Waals surface area contributed by atoms with Crippen molar-refractivity contribution in [2.75, 3.05) is 19.8 Å². The fraction of sp³-hybridized carbons (Fsp3) is 0.571. The number of nitrogens with zero attached hydrogens (tertiary/aromatic N) is 6. The summed E-state index contributed by atoms with van der Waals surface area (Å²) in [4.78, 5) is 62.0. The van der Waals surface area contributed by atoms with E-state index < -0.39 is 40.6 Å². The first-order valence-electron chi connectivity index (χ1n) is 23.1. The van der Waals surface area contributed by atoms with Gasteiger partial charge in [-0.1, -0.05) is 60.7 Å². The normalized spacial score (nSPS) is 16.9. The number of benzene rings is 2. The van der Waals surface area contributed by atoms with Gasteiger partial charge in [0.2, 0.25) is 5.91 Å². The number of nitrogens with one attached hydrogen (secondary N) is 2. The van der Waals surface area contributed by atoms with Crippen LogP contribution in [0.1, 0.15) is 127 Å². The molecule has 0 fully saturated rings. The molecule has 67 heavy (non-hydrogen) atoms. The Morgan fingerprint density at radius 3 is 1.63 bits per heavy atom. The molecule has 2 amide bonds. The second kappa shape index (κ2) is 23.2. The minimum Gasteiger partial charge on any atom is -0.481 e. The summed E-state index contributed by atoms with van der Waals surface area (Å²) in [7, 11) is 0. The number of carboxylic acid groups (broad SMARTS) is 1. The van der Waals surface area contributed by atoms with Crippen molar-refractivity contribution in [3.8, 4) is 0 Å². The molecule has 364 valence electrons. The van der Waals surface area contributed by atoms with Crippen LogP contribution in [0.5, 0.6) is 0 Å². The van der Waals surface area contributed by atoms with Crippen LogP contribution in [0.25, 0.3) is 0 Å². The lowest BCUT2D eigenvalue weighted by Gasteiger charge is -2.29. The van der Waals surface area contributed by atoms with Gasteiger partial charge >= 0.3 is 12.1 Å². The number of aliphatic carboxylic acids is 1. The Kier molecular flexibility index (Phi) is 18.1. The zero-order chi connectivity index (χ0) is 48.9. The predicted octanol–water partition coefficient (Wildman–Crippen LogP) is 5.46. The van der Waals surface area contributed by atoms with Gasteiger partial charge in [-0.25, -0.2) is 4.79 Å². The smallest absolute Gasteiger partial charge is 0.408 e. The van der Waals surface area contributed by atoms with E-state index in [2.05, 4.69) is 31.0 Å². The molecule has 2 unspecified atom stereocenters. The third kappa shape index (κ3) is 15.3. The maximum Gasteiger partial charge on any atom is 0.408 e. The summed E-state index contributed by atoms with van der Waals surface area (Å²) in [6, 6.07) is 19.6. The first-order chi connectivity index (χ1) is 31.6. The number of carbonyl (C=O) groups is 5. The number of hydrogen-bond acceptors (Lipinski definition) is 13. The molecule has 0 radical (unpaired) electrons. The van der Waals surface area contributed by atoms with Gasteiger partial charge in [-0.15, -0.1) is 20.4 Å². The molecular weight excluding hydrogens is 859 g/mol. The van der Waals surface area contributed by atoms with Crippen LogP contribution in [0.4, 0.5) is 4.79 Å². The number of fused-ring (bicyclic) bond motifs is 2. The van der Waals surface area contributed by atoms with Crippen LogP contribution in [-0.4, -0.2) is 101 Å². The quantitative estimate of drug-likeness (QED) is 0.0860. The summed E-state index contributed by atoms with van der Waals surface area (Å²) in [5.41, 5.74) is 5.32. The molecule has 0 saturated heterocycles. The second-order valence-electron chi connectivity index (χ2n) is 19.5. The van der Waals surface area contributed by atoms with Gasteiger partial charge in [0.15, 0.2) is 11.6 Å². The third-order valence-corrected chi connectivity index (χ3v) is 11.7. The molecule has 18 nitrogen and oxygen atoms in total. The van der Waals surface area contributed by atoms with Gasteiger partial charge < -0.3 is 44.8 Å². The van der Waals surface area contributed by atoms with Crippen LogP contribution in [0.3, 0.4) is 0 Å². The molecule has 18 heteroatoms. The van der Waals surface area contributed by atoms with Crippen LogP contribution in [0, 0.1) is 11.8 Å². The van der Waals surface area contributed by atoms with E-state index in [-0.39, 0.29) is 48.8 Å². The second-order valence-corrected chi connectivity index (χ2v) is 19.5. The average Bonchev–Trinajstić information content (AvgIpc) is 3.89. The average molecular weight is 928 g/mol. The molecule has 6 rings (SSSR count). The van der Waals surface area contributed by atoms with Gasteiger partial charge in [0, 0.05) is 63.1 Å². The minimum absolute atomic E-state index is 0.0471. The number of hydrogen-bond donors (Lipinski definition) is 4. The van der Waals surface area contributed by atoms with Crippen molar-refractivity contribution in [3.05, 3.63) is 95.1 Å². The summed E-state index contributed by atoms with van der Waals surface area (Å²) in [6.07, 6.45) is 1.64. The van der Waals surface area contributed by atoms with E-state index in [9.17, 15) is 29.1 Å². The standard InChI is InChI=1S/C26H36N4O6.C23H33N5O3/c1-25(2,3)36-24(34)27-26(4,5)20(31)13-19(16-35-15-17-9-7-6-8-10-17)22-29-28-21-14-18(23(32)33)11-12-30(21)22;1-4-25-22(30)17-10-11-28-20(13-17)26-27-21(28)18(12-19(29)23(2,3)24)15-31-14-16-8-6-5-7-9-16/h6-10,18-19H,11-16H2,1-5H3,(H,27,34)(H,32,33);5-9,17-18H,4,10-15,24H2,1-3H3,(H,25,30)/t18?,19-;17?,18-/m11/s1. The summed E-state index contributed by atoms with van der Waals surface area (Å²) < 4.78 is 21.2. The number of nitrogens with two attached hydrogens (primary N) is 1. The van der Waals surface area contributed by atoms with E-state index in [1.165, 1.54) is 0 Å². The first-order valence-corrected chi connectivity index (χ1v) is 23.1. The Balaban J connectivity index is 0.000000254. The number of carbonyl (C=O) groups excluding carboxylic acids is 4. The number of alkyl carbamates (subject to hydrolysis) is 1. The Morgan fingerprint density at radius 1 is 0.716 bits per heavy atom. The number of ether oxygens (including phenoxy) is 3. The fourth-order valence-electron chi connectivity index (χ4n) is 7.89. The maximum atomic E-state index is 13.4. The lowest BCUT2D eigenvalue weighted by molar-refractivity contribution is -0.142. The number of amides is 2. The lowest BCUT2D eigenvalue weighted by atomic mass is 9.90. The molecule has 4 aromatic rings. The SMILES string of the molecule is CC(C)(C)OC(=O)NC(C)(C)C(=O)C[C@H](COCc1ccccc1)c1nnc2n1CCC(C(=O)O)C2.CCNC(=O)C1CCn2c(nnc2[C@@H](COCc2ccccc2)CC(=O)C(C)(C)N)C1. The predicted molar refractivity (Wildman–Crippen MR) is 249 cm³/mol. The highest BCUT2D eigenvalue weighted by Crippen LogP contribution is 2.30. The molecule has 0 bridgehead atoms. The first kappa shape index (κ1) is 52.1. The molecule has 2 aliphatic rings. The van der Waals surface area contributed by atoms with Crippen molar-refractivity contribution in [1.82, 2.24) is 40.2 Å². The van der Waals surface area contributed by atoms with Crippen molar-refractivity contribution in [2.24, 2.45) is 17.6 Å². The van der Waals surface area contributed by atoms with Crippen molar-refractivity contribution in [2.45, 2.75) is 149 Å². The highest BCUT2D eigenvalue weighted by atomic mass is 16.6. The molecule has 0 aliphatic carbocycles. The van der Waals surface area contributed by atoms with Crippen molar-refractivity contribution >= 4 is 29.5 Å². The zero-order valence-corrected chi connectivity index (χ0v) is 40.2. The van der Waals surface area contributed by atoms with Gasteiger partial charge in [-0.2, -0.15) is 0 Å². The van der Waals surface area contributed by atoms with Crippen LogP contribution in [0.15, 0.2) is 60.7 Å². The third-order valence-electron chi connectivity index (χ3n) is 11.7. The largest absolute Gasteiger partial charge is 0.481 e. The molecule has 4 atom stereocenters. The number of aromatic nitrogens is 6. The summed E-state index contributed by atoms with van der Waals surface area (Å²) in [5, 5.41) is 32.3. The van der Waals surface area contributed by atoms with Crippen LogP contribution < -0.4 is 16.4 Å². The van der Waals surface area contributed by atoms with Crippen molar-refractivity contribution in [1.29, 1.82) is 0 Å². The van der Waals surface area contributed by atoms with E-state index in [0.29, 0.717) is 70.4 Å². The summed E-state index contributed by atoms with van der Waals surface area (Å²) >= 11 is 0. The number of rotatable bonds is 20. The fourth-order valence-corrected chi connectivity index (χ4v) is 7.89. The number of ketones is 2. The monoisotopic (exact) mass is 928 g/mol. The molecule has 2 aromatic heterocycles.